The largest absolute Gasteiger partial charge is 0.340 e. The Morgan fingerprint density at radius 2 is 2.17 bits per heavy atom. The van der Waals surface area contributed by atoms with Crippen LogP contribution in [-0.4, -0.2) is 61.2 Å². The SMILES string of the molecule is CC(=O)N(C)Cc1cn(C[C@H]2CCCN2C(=O)Cc2csc(-c3cccs3)n2)nn1. The summed E-state index contributed by atoms with van der Waals surface area (Å²) < 4.78 is 1.78. The van der Waals surface area contributed by atoms with Gasteiger partial charge in [-0.15, -0.1) is 27.8 Å². The molecular weight excluding hydrogens is 420 g/mol. The molecule has 1 saturated heterocycles. The van der Waals surface area contributed by atoms with Crippen molar-refractivity contribution in [3.05, 3.63) is 40.5 Å². The summed E-state index contributed by atoms with van der Waals surface area (Å²) in [7, 11) is 1.74. The van der Waals surface area contributed by atoms with Gasteiger partial charge >= 0.3 is 0 Å². The Morgan fingerprint density at radius 3 is 2.93 bits per heavy atom. The van der Waals surface area contributed by atoms with Crippen molar-refractivity contribution in [3.63, 3.8) is 0 Å². The average Bonchev–Trinajstić information content (AvgIpc) is 3.50. The summed E-state index contributed by atoms with van der Waals surface area (Å²) in [6.45, 7) is 3.33. The molecule has 10 heteroatoms. The van der Waals surface area contributed by atoms with Gasteiger partial charge in [0.05, 0.1) is 42.3 Å². The first-order valence-electron chi connectivity index (χ1n) is 9.88. The number of hydrogen-bond acceptors (Lipinski definition) is 7. The summed E-state index contributed by atoms with van der Waals surface area (Å²) in [4.78, 5) is 33.7. The molecule has 1 atom stereocenters. The van der Waals surface area contributed by atoms with E-state index in [2.05, 4.69) is 15.3 Å². The summed E-state index contributed by atoms with van der Waals surface area (Å²) in [6, 6.07) is 4.16. The van der Waals surface area contributed by atoms with Gasteiger partial charge in [0.1, 0.15) is 10.7 Å². The van der Waals surface area contributed by atoms with E-state index in [0.29, 0.717) is 19.5 Å². The van der Waals surface area contributed by atoms with Crippen LogP contribution in [0.15, 0.2) is 29.1 Å². The summed E-state index contributed by atoms with van der Waals surface area (Å²) in [5, 5.41) is 13.3. The minimum Gasteiger partial charge on any atom is -0.340 e. The fraction of sp³-hybridized carbons (Fsp3) is 0.450. The van der Waals surface area contributed by atoms with E-state index in [4.69, 9.17) is 0 Å². The molecule has 0 bridgehead atoms. The number of amides is 2. The lowest BCUT2D eigenvalue weighted by molar-refractivity contribution is -0.131. The topological polar surface area (TPSA) is 84.2 Å². The van der Waals surface area contributed by atoms with Crippen LogP contribution in [0.4, 0.5) is 0 Å². The van der Waals surface area contributed by atoms with Crippen LogP contribution in [0.5, 0.6) is 0 Å². The van der Waals surface area contributed by atoms with E-state index in [1.807, 2.05) is 34.0 Å². The van der Waals surface area contributed by atoms with E-state index < -0.39 is 0 Å². The number of hydrogen-bond donors (Lipinski definition) is 0. The predicted molar refractivity (Wildman–Crippen MR) is 116 cm³/mol. The minimum absolute atomic E-state index is 0.0126. The summed E-state index contributed by atoms with van der Waals surface area (Å²) in [6.07, 6.45) is 4.12. The van der Waals surface area contributed by atoms with Gasteiger partial charge in [0.2, 0.25) is 11.8 Å². The molecule has 1 aliphatic rings. The molecule has 158 valence electrons. The molecule has 0 aliphatic carbocycles. The van der Waals surface area contributed by atoms with Crippen molar-refractivity contribution in [1.82, 2.24) is 29.8 Å². The normalized spacial score (nSPS) is 16.2. The molecule has 0 spiro atoms. The van der Waals surface area contributed by atoms with Gasteiger partial charge in [0.25, 0.3) is 0 Å². The molecule has 3 aromatic rings. The Morgan fingerprint density at radius 1 is 1.30 bits per heavy atom. The zero-order valence-corrected chi connectivity index (χ0v) is 18.7. The highest BCUT2D eigenvalue weighted by molar-refractivity contribution is 7.20. The third-order valence-corrected chi connectivity index (χ3v) is 7.16. The van der Waals surface area contributed by atoms with Crippen LogP contribution >= 0.6 is 22.7 Å². The van der Waals surface area contributed by atoms with Crippen LogP contribution in [0, 0.1) is 0 Å². The van der Waals surface area contributed by atoms with E-state index in [1.54, 1.807) is 39.3 Å². The maximum Gasteiger partial charge on any atom is 0.228 e. The van der Waals surface area contributed by atoms with E-state index in [9.17, 15) is 9.59 Å². The van der Waals surface area contributed by atoms with Gasteiger partial charge in [-0.2, -0.15) is 0 Å². The van der Waals surface area contributed by atoms with Crippen molar-refractivity contribution in [1.29, 1.82) is 0 Å². The second-order valence-corrected chi connectivity index (χ2v) is 9.29. The van der Waals surface area contributed by atoms with Crippen molar-refractivity contribution < 1.29 is 9.59 Å². The zero-order chi connectivity index (χ0) is 21.1. The smallest absolute Gasteiger partial charge is 0.228 e. The fourth-order valence-electron chi connectivity index (χ4n) is 3.58. The van der Waals surface area contributed by atoms with Crippen LogP contribution in [-0.2, 0) is 29.1 Å². The van der Waals surface area contributed by atoms with Crippen LogP contribution in [0.25, 0.3) is 9.88 Å². The van der Waals surface area contributed by atoms with Gasteiger partial charge in [-0.25, -0.2) is 4.98 Å². The Labute approximate surface area is 183 Å². The standard InChI is InChI=1S/C20H24N6O2S2/c1-14(27)24(2)10-16-11-25(23-22-16)12-17-5-3-7-26(17)19(28)9-15-13-30-20(21-15)18-6-4-8-29-18/h4,6,8,11,13,17H,3,5,7,9-10,12H2,1-2H3/t17-/m1/s1. The van der Waals surface area contributed by atoms with Gasteiger partial charge in [-0.05, 0) is 24.3 Å². The van der Waals surface area contributed by atoms with E-state index in [1.165, 1.54) is 6.92 Å². The molecule has 4 rings (SSSR count). The molecule has 3 aromatic heterocycles. The second-order valence-electron chi connectivity index (χ2n) is 7.49. The van der Waals surface area contributed by atoms with Crippen LogP contribution in [0.3, 0.4) is 0 Å². The van der Waals surface area contributed by atoms with Crippen LogP contribution in [0.2, 0.25) is 0 Å². The molecular formula is C20H24N6O2S2. The molecule has 30 heavy (non-hydrogen) atoms. The van der Waals surface area contributed by atoms with Gasteiger partial charge < -0.3 is 9.80 Å². The maximum atomic E-state index is 12.9. The number of rotatable bonds is 7. The molecule has 1 fully saturated rings. The molecule has 2 amide bonds. The lowest BCUT2D eigenvalue weighted by atomic mass is 10.2. The lowest BCUT2D eigenvalue weighted by Crippen LogP contribution is -2.39. The quantitative estimate of drug-likeness (QED) is 0.559. The summed E-state index contributed by atoms with van der Waals surface area (Å²) in [5.74, 6) is 0.0959. The zero-order valence-electron chi connectivity index (χ0n) is 17.0. The molecule has 0 unspecified atom stereocenters. The first kappa shape index (κ1) is 20.7. The Bertz CT molecular complexity index is 1010. The number of carbonyl (C=O) groups excluding carboxylic acids is 2. The highest BCUT2D eigenvalue weighted by atomic mass is 32.1. The molecule has 1 aliphatic heterocycles. The van der Waals surface area contributed by atoms with Gasteiger partial charge in [0, 0.05) is 25.9 Å². The van der Waals surface area contributed by atoms with E-state index in [-0.39, 0.29) is 17.9 Å². The Balaban J connectivity index is 1.36. The molecule has 0 radical (unpaired) electrons. The Kier molecular flexibility index (Phi) is 6.24. The second kappa shape index (κ2) is 9.05. The fourth-order valence-corrected chi connectivity index (χ4v) is 5.22. The molecule has 8 nitrogen and oxygen atoms in total. The molecule has 0 aromatic carbocycles. The van der Waals surface area contributed by atoms with Crippen molar-refractivity contribution in [2.75, 3.05) is 13.6 Å². The summed E-state index contributed by atoms with van der Waals surface area (Å²) >= 11 is 3.24. The van der Waals surface area contributed by atoms with Crippen molar-refractivity contribution in [2.45, 2.75) is 45.3 Å². The van der Waals surface area contributed by atoms with Gasteiger partial charge in [-0.1, -0.05) is 11.3 Å². The number of thiazole rings is 1. The highest BCUT2D eigenvalue weighted by Crippen LogP contribution is 2.28. The highest BCUT2D eigenvalue weighted by Gasteiger charge is 2.29. The molecule has 0 saturated carbocycles. The van der Waals surface area contributed by atoms with Gasteiger partial charge in [-0.3, -0.25) is 14.3 Å². The van der Waals surface area contributed by atoms with E-state index in [0.717, 1.165) is 40.7 Å². The monoisotopic (exact) mass is 444 g/mol. The number of likely N-dealkylation sites (tertiary alicyclic amines) is 1. The number of nitrogens with zero attached hydrogens (tertiary/aromatic N) is 6. The van der Waals surface area contributed by atoms with Crippen molar-refractivity contribution >= 4 is 34.5 Å². The number of aromatic nitrogens is 4. The van der Waals surface area contributed by atoms with Crippen molar-refractivity contribution in [2.24, 2.45) is 0 Å². The first-order chi connectivity index (χ1) is 14.5. The minimum atomic E-state index is -0.0126. The third kappa shape index (κ3) is 4.76. The third-order valence-electron chi connectivity index (χ3n) is 5.23. The summed E-state index contributed by atoms with van der Waals surface area (Å²) in [5.41, 5.74) is 1.57. The predicted octanol–water partition coefficient (Wildman–Crippen LogP) is 2.68. The number of thiophene rings is 1. The average molecular weight is 445 g/mol. The Hall–Kier alpha value is -2.59. The molecule has 4 heterocycles. The first-order valence-corrected chi connectivity index (χ1v) is 11.6. The van der Waals surface area contributed by atoms with E-state index >= 15 is 0 Å². The van der Waals surface area contributed by atoms with Crippen LogP contribution < -0.4 is 0 Å². The lowest BCUT2D eigenvalue weighted by Gasteiger charge is -2.24. The maximum absolute atomic E-state index is 12.9. The van der Waals surface area contributed by atoms with Gasteiger partial charge in [0.15, 0.2) is 0 Å². The van der Waals surface area contributed by atoms with Crippen molar-refractivity contribution in [3.8, 4) is 9.88 Å². The number of carbonyl (C=O) groups is 2. The van der Waals surface area contributed by atoms with Crippen LogP contribution in [0.1, 0.15) is 31.2 Å². The molecule has 0 N–H and O–H groups in total.